The van der Waals surface area contributed by atoms with Gasteiger partial charge < -0.3 is 14.5 Å². The number of unbranched alkanes of at least 4 members (excludes halogenated alkanes) is 1. The molecule has 38 heavy (non-hydrogen) atoms. The Bertz CT molecular complexity index is 1450. The summed E-state index contributed by atoms with van der Waals surface area (Å²) in [5.74, 6) is 0.681. The molecular weight excluding hydrogens is 496 g/mol. The summed E-state index contributed by atoms with van der Waals surface area (Å²) in [6.07, 6.45) is 2.02. The fraction of sp³-hybridized carbons (Fsp3) is 0.400. The van der Waals surface area contributed by atoms with E-state index in [9.17, 15) is 9.59 Å². The number of fused-ring (bicyclic) bond motifs is 2. The van der Waals surface area contributed by atoms with E-state index in [1.165, 1.54) is 26.4 Å². The zero-order valence-corrected chi connectivity index (χ0v) is 23.1. The van der Waals surface area contributed by atoms with Gasteiger partial charge in [-0.15, -0.1) is 11.3 Å². The number of rotatable bonds is 9. The van der Waals surface area contributed by atoms with E-state index in [1.54, 1.807) is 22.3 Å². The molecule has 2 aromatic heterocycles. The van der Waals surface area contributed by atoms with Gasteiger partial charge in [-0.05, 0) is 80.4 Å². The van der Waals surface area contributed by atoms with Gasteiger partial charge in [0.2, 0.25) is 0 Å². The van der Waals surface area contributed by atoms with E-state index in [4.69, 9.17) is 4.74 Å². The Hall–Kier alpha value is -3.36. The van der Waals surface area contributed by atoms with Gasteiger partial charge in [0.05, 0.1) is 12.1 Å². The Labute approximate surface area is 227 Å². The molecule has 0 bridgehead atoms. The summed E-state index contributed by atoms with van der Waals surface area (Å²) in [6, 6.07) is 17.4. The number of thiophene rings is 1. The van der Waals surface area contributed by atoms with Crippen LogP contribution in [0.5, 0.6) is 5.75 Å². The second-order valence-corrected chi connectivity index (χ2v) is 10.6. The summed E-state index contributed by atoms with van der Waals surface area (Å²) in [7, 11) is 0. The number of piperazine rings is 1. The number of hydrogen-bond acceptors (Lipinski definition) is 6. The first kappa shape index (κ1) is 26.3. The first-order chi connectivity index (χ1) is 18.6. The van der Waals surface area contributed by atoms with E-state index in [0.717, 1.165) is 51.0 Å². The van der Waals surface area contributed by atoms with Gasteiger partial charge in [0, 0.05) is 67.2 Å². The first-order valence-electron chi connectivity index (χ1n) is 13.6. The maximum Gasteiger partial charge on any atom is 0.331 e. The van der Waals surface area contributed by atoms with Crippen molar-refractivity contribution in [3.63, 3.8) is 0 Å². The summed E-state index contributed by atoms with van der Waals surface area (Å²) < 4.78 is 8.65. The summed E-state index contributed by atoms with van der Waals surface area (Å²) in [4.78, 5) is 32.3. The van der Waals surface area contributed by atoms with E-state index >= 15 is 0 Å². The number of amides is 1. The second kappa shape index (κ2) is 12.0. The monoisotopic (exact) mass is 532 g/mol. The van der Waals surface area contributed by atoms with Crippen molar-refractivity contribution >= 4 is 44.0 Å². The molecule has 0 unspecified atom stereocenters. The van der Waals surface area contributed by atoms with Crippen molar-refractivity contribution in [3.8, 4) is 5.75 Å². The minimum Gasteiger partial charge on any atom is -0.494 e. The zero-order chi connectivity index (χ0) is 26.5. The molecule has 1 amide bonds. The van der Waals surface area contributed by atoms with Crippen molar-refractivity contribution in [1.82, 2.24) is 14.4 Å². The van der Waals surface area contributed by atoms with Crippen LogP contribution in [0.2, 0.25) is 0 Å². The van der Waals surface area contributed by atoms with Crippen LogP contribution < -0.4 is 15.2 Å². The minimum atomic E-state index is -0.321. The van der Waals surface area contributed by atoms with Crippen molar-refractivity contribution in [1.29, 1.82) is 0 Å². The molecule has 0 spiro atoms. The van der Waals surface area contributed by atoms with Gasteiger partial charge in [-0.2, -0.15) is 0 Å². The molecule has 0 radical (unpaired) electrons. The molecule has 0 aliphatic carbocycles. The van der Waals surface area contributed by atoms with E-state index in [1.807, 2.05) is 32.0 Å². The van der Waals surface area contributed by atoms with Crippen molar-refractivity contribution < 1.29 is 9.53 Å². The lowest BCUT2D eigenvalue weighted by molar-refractivity contribution is 0.205. The number of carbonyl (C=O) groups is 1. The molecule has 5 rings (SSSR count). The highest BCUT2D eigenvalue weighted by molar-refractivity contribution is 7.17. The summed E-state index contributed by atoms with van der Waals surface area (Å²) in [5.41, 5.74) is 1.62. The quantitative estimate of drug-likeness (QED) is 0.266. The van der Waals surface area contributed by atoms with Gasteiger partial charge in [0.1, 0.15) is 5.75 Å². The van der Waals surface area contributed by atoms with Crippen molar-refractivity contribution in [2.75, 3.05) is 57.3 Å². The Morgan fingerprint density at radius 1 is 0.974 bits per heavy atom. The SMILES string of the molecule is CCN(CC)C(=O)n1c(=O)ccc2ccc(OCCCCN3CCN(c4cccc5sccc45)CC3)cc21. The molecule has 3 heterocycles. The molecule has 1 aliphatic heterocycles. The van der Waals surface area contributed by atoms with E-state index in [0.29, 0.717) is 31.0 Å². The van der Waals surface area contributed by atoms with Gasteiger partial charge in [-0.1, -0.05) is 6.07 Å². The van der Waals surface area contributed by atoms with Crippen LogP contribution in [-0.2, 0) is 0 Å². The predicted octanol–water partition coefficient (Wildman–Crippen LogP) is 5.51. The number of nitrogens with zero attached hydrogens (tertiary/aromatic N) is 4. The van der Waals surface area contributed by atoms with Crippen LogP contribution >= 0.6 is 11.3 Å². The normalized spacial score (nSPS) is 14.3. The standard InChI is InChI=1S/C30H36N4O3S/c1-3-32(4-2)30(36)34-27-22-24(12-10-23(27)11-13-29(34)35)37-20-6-5-15-31-16-18-33(19-17-31)26-8-7-9-28-25(26)14-21-38-28/h7-14,21-22H,3-6,15-20H2,1-2H3. The van der Waals surface area contributed by atoms with Gasteiger partial charge in [-0.3, -0.25) is 9.69 Å². The topological polar surface area (TPSA) is 58.0 Å². The van der Waals surface area contributed by atoms with Crippen molar-refractivity contribution in [2.45, 2.75) is 26.7 Å². The zero-order valence-electron chi connectivity index (χ0n) is 22.3. The average molecular weight is 533 g/mol. The highest BCUT2D eigenvalue weighted by atomic mass is 32.1. The number of ether oxygens (including phenoxy) is 1. The largest absolute Gasteiger partial charge is 0.494 e. The molecule has 1 fully saturated rings. The number of pyridine rings is 1. The Morgan fingerprint density at radius 3 is 2.55 bits per heavy atom. The van der Waals surface area contributed by atoms with Gasteiger partial charge >= 0.3 is 6.03 Å². The van der Waals surface area contributed by atoms with E-state index < -0.39 is 0 Å². The molecule has 4 aromatic rings. The number of anilines is 1. The molecule has 0 saturated carbocycles. The summed E-state index contributed by atoms with van der Waals surface area (Å²) >= 11 is 1.80. The number of carbonyl (C=O) groups excluding carboxylic acids is 1. The predicted molar refractivity (Wildman–Crippen MR) is 157 cm³/mol. The molecule has 0 N–H and O–H groups in total. The molecule has 8 heteroatoms. The summed E-state index contributed by atoms with van der Waals surface area (Å²) in [5, 5.41) is 4.38. The van der Waals surface area contributed by atoms with Crippen LogP contribution in [0.15, 0.2) is 64.8 Å². The smallest absolute Gasteiger partial charge is 0.331 e. The Balaban J connectivity index is 1.12. The number of benzene rings is 2. The van der Waals surface area contributed by atoms with Crippen LogP contribution in [0.3, 0.4) is 0 Å². The molecule has 2 aromatic carbocycles. The highest BCUT2D eigenvalue weighted by Crippen LogP contribution is 2.31. The lowest BCUT2D eigenvalue weighted by atomic mass is 10.2. The van der Waals surface area contributed by atoms with E-state index in [-0.39, 0.29) is 11.6 Å². The lowest BCUT2D eigenvalue weighted by Gasteiger charge is -2.36. The molecular formula is C30H36N4O3S. The lowest BCUT2D eigenvalue weighted by Crippen LogP contribution is -2.46. The molecule has 1 aliphatic rings. The third-order valence-electron chi connectivity index (χ3n) is 7.42. The third-order valence-corrected chi connectivity index (χ3v) is 8.30. The maximum atomic E-state index is 13.0. The highest BCUT2D eigenvalue weighted by Gasteiger charge is 2.19. The van der Waals surface area contributed by atoms with Crippen molar-refractivity contribution in [3.05, 3.63) is 70.3 Å². The van der Waals surface area contributed by atoms with Gasteiger partial charge in [0.15, 0.2) is 0 Å². The first-order valence-corrected chi connectivity index (χ1v) is 14.5. The van der Waals surface area contributed by atoms with Crippen LogP contribution in [0.25, 0.3) is 21.0 Å². The van der Waals surface area contributed by atoms with Gasteiger partial charge in [0.25, 0.3) is 5.56 Å². The molecule has 200 valence electrons. The minimum absolute atomic E-state index is 0.296. The van der Waals surface area contributed by atoms with Crippen molar-refractivity contribution in [2.24, 2.45) is 0 Å². The molecule has 7 nitrogen and oxygen atoms in total. The Morgan fingerprint density at radius 2 is 1.76 bits per heavy atom. The number of hydrogen-bond donors (Lipinski definition) is 0. The Kier molecular flexibility index (Phi) is 8.29. The average Bonchev–Trinajstić information content (AvgIpc) is 3.43. The van der Waals surface area contributed by atoms with Crippen LogP contribution in [-0.4, -0.2) is 72.8 Å². The van der Waals surface area contributed by atoms with E-state index in [2.05, 4.69) is 39.4 Å². The van der Waals surface area contributed by atoms with Gasteiger partial charge in [-0.25, -0.2) is 9.36 Å². The van der Waals surface area contributed by atoms with Crippen LogP contribution in [0, 0.1) is 0 Å². The fourth-order valence-corrected chi connectivity index (χ4v) is 6.04. The number of aromatic nitrogens is 1. The molecule has 1 saturated heterocycles. The maximum absolute atomic E-state index is 13.0. The van der Waals surface area contributed by atoms with Crippen LogP contribution in [0.1, 0.15) is 26.7 Å². The summed E-state index contributed by atoms with van der Waals surface area (Å²) in [6.45, 7) is 10.8. The third kappa shape index (κ3) is 5.56. The van der Waals surface area contributed by atoms with Crippen LogP contribution in [0.4, 0.5) is 10.5 Å². The second-order valence-electron chi connectivity index (χ2n) is 9.68. The fourth-order valence-electron chi connectivity index (χ4n) is 5.23. The molecule has 0 atom stereocenters.